The fourth-order valence-corrected chi connectivity index (χ4v) is 2.27. The summed E-state index contributed by atoms with van der Waals surface area (Å²) in [4.78, 5) is 13.4. The summed E-state index contributed by atoms with van der Waals surface area (Å²) < 4.78 is 5.23. The molecule has 0 saturated carbocycles. The zero-order valence-electron chi connectivity index (χ0n) is 10.2. The molecule has 0 unspecified atom stereocenters. The number of carbonyl (C=O) groups is 1. The van der Waals surface area contributed by atoms with E-state index in [1.165, 1.54) is 5.56 Å². The van der Waals surface area contributed by atoms with Gasteiger partial charge in [-0.3, -0.25) is 4.79 Å². The van der Waals surface area contributed by atoms with Crippen molar-refractivity contribution in [2.75, 3.05) is 18.6 Å². The third kappa shape index (κ3) is 1.56. The second-order valence-electron chi connectivity index (χ2n) is 4.87. The van der Waals surface area contributed by atoms with Gasteiger partial charge in [0.15, 0.2) is 0 Å². The molecular formula is C13H17NO2. The maximum Gasteiger partial charge on any atom is 0.223 e. The lowest BCUT2D eigenvalue weighted by molar-refractivity contribution is -0.116. The predicted molar refractivity (Wildman–Crippen MR) is 64.0 cm³/mol. The summed E-state index contributed by atoms with van der Waals surface area (Å²) in [7, 11) is 1.66. The molecule has 1 aromatic carbocycles. The fraction of sp³-hybridized carbons (Fsp3) is 0.462. The molecule has 0 N–H and O–H groups in total. The molecule has 1 heterocycles. The molecule has 0 radical (unpaired) electrons. The average Bonchev–Trinajstić information content (AvgIpc) is 2.51. The molecule has 2 rings (SSSR count). The number of ether oxygens (including phenoxy) is 1. The summed E-state index contributed by atoms with van der Waals surface area (Å²) in [6, 6.07) is 5.89. The zero-order valence-corrected chi connectivity index (χ0v) is 10.2. The van der Waals surface area contributed by atoms with Crippen LogP contribution in [0.1, 0.15) is 26.3 Å². The average molecular weight is 219 g/mol. The summed E-state index contributed by atoms with van der Waals surface area (Å²) in [5.74, 6) is 0.939. The predicted octanol–water partition coefficient (Wildman–Crippen LogP) is 2.34. The number of fused-ring (bicyclic) bond motifs is 1. The molecule has 3 nitrogen and oxygen atoms in total. The van der Waals surface area contributed by atoms with Crippen LogP contribution >= 0.6 is 0 Å². The molecule has 1 amide bonds. The highest BCUT2D eigenvalue weighted by molar-refractivity contribution is 5.94. The smallest absolute Gasteiger partial charge is 0.223 e. The maximum atomic E-state index is 11.5. The summed E-state index contributed by atoms with van der Waals surface area (Å²) in [5, 5.41) is 0. The van der Waals surface area contributed by atoms with Crippen LogP contribution in [0, 0.1) is 0 Å². The number of hydrogen-bond acceptors (Lipinski definition) is 2. The SMILES string of the molecule is COc1ccc2c(c1)C(C)(C)CN2C(C)=O. The van der Waals surface area contributed by atoms with Crippen LogP contribution in [0.5, 0.6) is 5.75 Å². The largest absolute Gasteiger partial charge is 0.497 e. The van der Waals surface area contributed by atoms with Gasteiger partial charge in [-0.05, 0) is 23.8 Å². The number of methoxy groups -OCH3 is 1. The molecule has 0 atom stereocenters. The van der Waals surface area contributed by atoms with Gasteiger partial charge in [-0.1, -0.05) is 13.8 Å². The van der Waals surface area contributed by atoms with Crippen molar-refractivity contribution in [1.82, 2.24) is 0 Å². The Labute approximate surface area is 96.0 Å². The number of amides is 1. The molecule has 1 aliphatic rings. The molecule has 0 spiro atoms. The van der Waals surface area contributed by atoms with Gasteiger partial charge < -0.3 is 9.64 Å². The monoisotopic (exact) mass is 219 g/mol. The molecule has 0 aliphatic carbocycles. The first-order valence-electron chi connectivity index (χ1n) is 5.42. The first-order chi connectivity index (χ1) is 7.45. The number of hydrogen-bond donors (Lipinski definition) is 0. The molecule has 0 bridgehead atoms. The third-order valence-corrected chi connectivity index (χ3v) is 3.16. The minimum atomic E-state index is -0.00442. The van der Waals surface area contributed by atoms with Gasteiger partial charge in [0, 0.05) is 24.6 Å². The van der Waals surface area contributed by atoms with Gasteiger partial charge in [0.1, 0.15) is 5.75 Å². The van der Waals surface area contributed by atoms with E-state index in [0.29, 0.717) is 0 Å². The van der Waals surface area contributed by atoms with Gasteiger partial charge >= 0.3 is 0 Å². The lowest BCUT2D eigenvalue weighted by Crippen LogP contribution is -2.31. The molecule has 1 aliphatic heterocycles. The van der Waals surface area contributed by atoms with E-state index in [1.807, 2.05) is 23.1 Å². The third-order valence-electron chi connectivity index (χ3n) is 3.16. The van der Waals surface area contributed by atoms with Crippen molar-refractivity contribution in [3.63, 3.8) is 0 Å². The molecule has 0 fully saturated rings. The highest BCUT2D eigenvalue weighted by atomic mass is 16.5. The molecule has 16 heavy (non-hydrogen) atoms. The summed E-state index contributed by atoms with van der Waals surface area (Å²) >= 11 is 0. The van der Waals surface area contributed by atoms with Crippen LogP contribution in [0.15, 0.2) is 18.2 Å². The van der Waals surface area contributed by atoms with Gasteiger partial charge in [-0.25, -0.2) is 0 Å². The quantitative estimate of drug-likeness (QED) is 0.725. The number of benzene rings is 1. The number of carbonyl (C=O) groups excluding carboxylic acids is 1. The van der Waals surface area contributed by atoms with E-state index in [0.717, 1.165) is 18.0 Å². The molecule has 3 heteroatoms. The standard InChI is InChI=1S/C13H17NO2/c1-9(15)14-8-13(2,3)11-7-10(16-4)5-6-12(11)14/h5-7H,8H2,1-4H3. The normalized spacial score (nSPS) is 17.1. The van der Waals surface area contributed by atoms with Gasteiger partial charge in [0.05, 0.1) is 7.11 Å². The van der Waals surface area contributed by atoms with Gasteiger partial charge in [-0.2, -0.15) is 0 Å². The van der Waals surface area contributed by atoms with E-state index in [9.17, 15) is 4.79 Å². The number of nitrogens with zero attached hydrogens (tertiary/aromatic N) is 1. The van der Waals surface area contributed by atoms with Gasteiger partial charge in [0.2, 0.25) is 5.91 Å². The second-order valence-corrected chi connectivity index (χ2v) is 4.87. The van der Waals surface area contributed by atoms with E-state index < -0.39 is 0 Å². The highest BCUT2D eigenvalue weighted by Gasteiger charge is 2.36. The van der Waals surface area contributed by atoms with Crippen LogP contribution in [-0.4, -0.2) is 19.6 Å². The minimum absolute atomic E-state index is 0.00442. The summed E-state index contributed by atoms with van der Waals surface area (Å²) in [6.45, 7) is 6.64. The van der Waals surface area contributed by atoms with E-state index in [-0.39, 0.29) is 11.3 Å². The van der Waals surface area contributed by atoms with Crippen molar-refractivity contribution in [3.8, 4) is 5.75 Å². The number of rotatable bonds is 1. The topological polar surface area (TPSA) is 29.5 Å². The van der Waals surface area contributed by atoms with Crippen molar-refractivity contribution in [2.24, 2.45) is 0 Å². The maximum absolute atomic E-state index is 11.5. The summed E-state index contributed by atoms with van der Waals surface area (Å²) in [5.41, 5.74) is 2.19. The van der Waals surface area contributed by atoms with Crippen LogP contribution in [0.25, 0.3) is 0 Å². The Morgan fingerprint density at radius 1 is 1.44 bits per heavy atom. The Morgan fingerprint density at radius 2 is 2.12 bits per heavy atom. The van der Waals surface area contributed by atoms with Gasteiger partial charge in [0.25, 0.3) is 0 Å². The van der Waals surface area contributed by atoms with Crippen LogP contribution in [0.2, 0.25) is 0 Å². The Hall–Kier alpha value is -1.51. The highest BCUT2D eigenvalue weighted by Crippen LogP contribution is 2.42. The lowest BCUT2D eigenvalue weighted by atomic mass is 9.87. The molecule has 86 valence electrons. The van der Waals surface area contributed by atoms with E-state index in [2.05, 4.69) is 13.8 Å². The molecule has 0 aromatic heterocycles. The summed E-state index contributed by atoms with van der Waals surface area (Å²) in [6.07, 6.45) is 0. The van der Waals surface area contributed by atoms with Crippen molar-refractivity contribution in [3.05, 3.63) is 23.8 Å². The zero-order chi connectivity index (χ0) is 11.9. The van der Waals surface area contributed by atoms with Crippen LogP contribution < -0.4 is 9.64 Å². The second kappa shape index (κ2) is 3.51. The van der Waals surface area contributed by atoms with E-state index in [4.69, 9.17) is 4.74 Å². The first kappa shape index (κ1) is 11.0. The Bertz CT molecular complexity index is 438. The fourth-order valence-electron chi connectivity index (χ4n) is 2.27. The van der Waals surface area contributed by atoms with Crippen molar-refractivity contribution < 1.29 is 9.53 Å². The van der Waals surface area contributed by atoms with Crippen LogP contribution in [0.3, 0.4) is 0 Å². The van der Waals surface area contributed by atoms with Crippen molar-refractivity contribution in [1.29, 1.82) is 0 Å². The molecule has 1 aromatic rings. The Balaban J connectivity index is 2.54. The Kier molecular flexibility index (Phi) is 2.41. The Morgan fingerprint density at radius 3 is 2.69 bits per heavy atom. The van der Waals surface area contributed by atoms with Crippen molar-refractivity contribution >= 4 is 11.6 Å². The van der Waals surface area contributed by atoms with Gasteiger partial charge in [-0.15, -0.1) is 0 Å². The van der Waals surface area contributed by atoms with E-state index in [1.54, 1.807) is 14.0 Å². The molecular weight excluding hydrogens is 202 g/mol. The van der Waals surface area contributed by atoms with Crippen LogP contribution in [0.4, 0.5) is 5.69 Å². The first-order valence-corrected chi connectivity index (χ1v) is 5.42. The minimum Gasteiger partial charge on any atom is -0.497 e. The van der Waals surface area contributed by atoms with E-state index >= 15 is 0 Å². The number of anilines is 1. The van der Waals surface area contributed by atoms with Crippen LogP contribution in [-0.2, 0) is 10.2 Å². The molecule has 0 saturated heterocycles. The van der Waals surface area contributed by atoms with Crippen molar-refractivity contribution in [2.45, 2.75) is 26.2 Å². The lowest BCUT2D eigenvalue weighted by Gasteiger charge is -2.19.